The molecule has 2 aromatic rings. The summed E-state index contributed by atoms with van der Waals surface area (Å²) in [5, 5.41) is 22.2. The number of nitrogens with zero attached hydrogens (tertiary/aromatic N) is 4. The Morgan fingerprint density at radius 2 is 1.88 bits per heavy atom. The number of hydrogen-bond acceptors (Lipinski definition) is 5. The van der Waals surface area contributed by atoms with E-state index in [0.717, 1.165) is 31.0 Å². The van der Waals surface area contributed by atoms with Crippen LogP contribution in [0.4, 0.5) is 0 Å². The van der Waals surface area contributed by atoms with Gasteiger partial charge in [-0.15, -0.1) is 0 Å². The van der Waals surface area contributed by atoms with Gasteiger partial charge in [-0.05, 0) is 63.0 Å². The van der Waals surface area contributed by atoms with Crippen molar-refractivity contribution in [3.05, 3.63) is 41.2 Å². The predicted molar refractivity (Wildman–Crippen MR) is 94.2 cm³/mol. The smallest absolute Gasteiger partial charge is 0.0969 e. The van der Waals surface area contributed by atoms with Crippen LogP contribution in [0.25, 0.3) is 5.69 Å². The van der Waals surface area contributed by atoms with E-state index in [1.165, 1.54) is 24.0 Å². The first-order valence-electron chi connectivity index (χ1n) is 8.71. The highest BCUT2D eigenvalue weighted by Gasteiger charge is 2.15. The van der Waals surface area contributed by atoms with Crippen LogP contribution in [0.5, 0.6) is 0 Å². The quantitative estimate of drug-likeness (QED) is 0.804. The van der Waals surface area contributed by atoms with Crippen LogP contribution in [0.2, 0.25) is 0 Å². The Bertz CT molecular complexity index is 643. The first-order chi connectivity index (χ1) is 11.6. The van der Waals surface area contributed by atoms with E-state index in [0.29, 0.717) is 13.1 Å². The highest BCUT2D eigenvalue weighted by molar-refractivity contribution is 5.37. The number of aromatic nitrogens is 3. The van der Waals surface area contributed by atoms with Crippen LogP contribution in [0.1, 0.15) is 29.7 Å². The molecule has 130 valence electrons. The van der Waals surface area contributed by atoms with E-state index in [4.69, 9.17) is 0 Å². The normalized spacial score (nSPS) is 16.6. The molecule has 1 atom stereocenters. The first-order valence-corrected chi connectivity index (χ1v) is 8.71. The second-order valence-electron chi connectivity index (χ2n) is 6.76. The van der Waals surface area contributed by atoms with Gasteiger partial charge in [0.15, 0.2) is 0 Å². The SMILES string of the molecule is Cc1cc(C)cc(-n2ncc(CNCC(O)CN3CCCC3)n2)c1. The van der Waals surface area contributed by atoms with Crippen molar-refractivity contribution in [2.45, 2.75) is 39.3 Å². The lowest BCUT2D eigenvalue weighted by molar-refractivity contribution is 0.123. The summed E-state index contributed by atoms with van der Waals surface area (Å²) in [5.74, 6) is 0. The fourth-order valence-corrected chi connectivity index (χ4v) is 3.26. The zero-order valence-corrected chi connectivity index (χ0v) is 14.6. The predicted octanol–water partition coefficient (Wildman–Crippen LogP) is 1.43. The molecule has 1 unspecified atom stereocenters. The van der Waals surface area contributed by atoms with Gasteiger partial charge in [0.25, 0.3) is 0 Å². The number of nitrogens with one attached hydrogen (secondary N) is 1. The van der Waals surface area contributed by atoms with Crippen LogP contribution in [0.3, 0.4) is 0 Å². The van der Waals surface area contributed by atoms with E-state index in [1.807, 2.05) is 0 Å². The van der Waals surface area contributed by atoms with Gasteiger partial charge in [-0.25, -0.2) is 0 Å². The third kappa shape index (κ3) is 4.63. The van der Waals surface area contributed by atoms with Gasteiger partial charge in [-0.3, -0.25) is 0 Å². The highest BCUT2D eigenvalue weighted by Crippen LogP contribution is 2.12. The van der Waals surface area contributed by atoms with Crippen LogP contribution in [0.15, 0.2) is 24.4 Å². The maximum Gasteiger partial charge on any atom is 0.0969 e. The van der Waals surface area contributed by atoms with Crippen molar-refractivity contribution in [3.8, 4) is 5.69 Å². The summed E-state index contributed by atoms with van der Waals surface area (Å²) in [6.07, 6.45) is 3.94. The Balaban J connectivity index is 1.49. The Kier molecular flexibility index (Phi) is 5.60. The van der Waals surface area contributed by atoms with E-state index in [9.17, 15) is 5.11 Å². The Hall–Kier alpha value is -1.76. The summed E-state index contributed by atoms with van der Waals surface area (Å²) >= 11 is 0. The molecule has 1 aliphatic heterocycles. The number of β-amino-alcohol motifs (C(OH)–C–C–N with tert-alkyl or cyclic N) is 1. The van der Waals surface area contributed by atoms with Crippen molar-refractivity contribution < 1.29 is 5.11 Å². The molecule has 0 radical (unpaired) electrons. The highest BCUT2D eigenvalue weighted by atomic mass is 16.3. The molecular weight excluding hydrogens is 302 g/mol. The number of rotatable bonds is 7. The lowest BCUT2D eigenvalue weighted by Gasteiger charge is -2.19. The molecule has 6 nitrogen and oxygen atoms in total. The molecule has 1 saturated heterocycles. The lowest BCUT2D eigenvalue weighted by atomic mass is 10.1. The largest absolute Gasteiger partial charge is 0.390 e. The van der Waals surface area contributed by atoms with E-state index >= 15 is 0 Å². The van der Waals surface area contributed by atoms with Gasteiger partial charge in [0.2, 0.25) is 0 Å². The van der Waals surface area contributed by atoms with E-state index < -0.39 is 0 Å². The molecule has 1 aromatic heterocycles. The van der Waals surface area contributed by atoms with E-state index in [1.54, 1.807) is 11.0 Å². The van der Waals surface area contributed by atoms with Crippen molar-refractivity contribution in [2.75, 3.05) is 26.2 Å². The summed E-state index contributed by atoms with van der Waals surface area (Å²) in [5.41, 5.74) is 4.26. The van der Waals surface area contributed by atoms with Crippen LogP contribution >= 0.6 is 0 Å². The summed E-state index contributed by atoms with van der Waals surface area (Å²) in [6, 6.07) is 6.28. The standard InChI is InChI=1S/C18H27N5O/c1-14-7-15(2)9-17(8-14)23-20-11-16(21-23)10-19-12-18(24)13-22-5-3-4-6-22/h7-9,11,18-19,24H,3-6,10,12-13H2,1-2H3. The number of aliphatic hydroxyl groups is 1. The zero-order chi connectivity index (χ0) is 16.9. The fraction of sp³-hybridized carbons (Fsp3) is 0.556. The maximum absolute atomic E-state index is 10.1. The molecule has 0 bridgehead atoms. The molecular formula is C18H27N5O. The van der Waals surface area contributed by atoms with E-state index in [2.05, 4.69) is 52.5 Å². The molecule has 2 N–H and O–H groups in total. The van der Waals surface area contributed by atoms with Crippen LogP contribution < -0.4 is 5.32 Å². The second-order valence-corrected chi connectivity index (χ2v) is 6.76. The van der Waals surface area contributed by atoms with Crippen LogP contribution in [-0.4, -0.2) is 57.3 Å². The van der Waals surface area contributed by atoms with Gasteiger partial charge in [0.1, 0.15) is 0 Å². The minimum atomic E-state index is -0.336. The van der Waals surface area contributed by atoms with Crippen molar-refractivity contribution >= 4 is 0 Å². The first kappa shape index (κ1) is 17.1. The third-order valence-electron chi connectivity index (χ3n) is 4.33. The molecule has 2 heterocycles. The van der Waals surface area contributed by atoms with E-state index in [-0.39, 0.29) is 6.10 Å². The van der Waals surface area contributed by atoms with Gasteiger partial charge in [-0.2, -0.15) is 15.0 Å². The van der Waals surface area contributed by atoms with Gasteiger partial charge < -0.3 is 15.3 Å². The zero-order valence-electron chi connectivity index (χ0n) is 14.6. The summed E-state index contributed by atoms with van der Waals surface area (Å²) in [7, 11) is 0. The summed E-state index contributed by atoms with van der Waals surface area (Å²) in [4.78, 5) is 3.99. The minimum absolute atomic E-state index is 0.336. The molecule has 0 aliphatic carbocycles. The molecule has 1 fully saturated rings. The fourth-order valence-electron chi connectivity index (χ4n) is 3.26. The number of aryl methyl sites for hydroxylation is 2. The molecule has 1 aromatic carbocycles. The molecule has 0 saturated carbocycles. The third-order valence-corrected chi connectivity index (χ3v) is 4.33. The van der Waals surface area contributed by atoms with Gasteiger partial charge in [-0.1, -0.05) is 6.07 Å². The van der Waals surface area contributed by atoms with Gasteiger partial charge >= 0.3 is 0 Å². The van der Waals surface area contributed by atoms with Crippen molar-refractivity contribution in [3.63, 3.8) is 0 Å². The Morgan fingerprint density at radius 1 is 1.17 bits per heavy atom. The van der Waals surface area contributed by atoms with Crippen molar-refractivity contribution in [1.82, 2.24) is 25.2 Å². The topological polar surface area (TPSA) is 66.2 Å². The van der Waals surface area contributed by atoms with Crippen molar-refractivity contribution in [2.24, 2.45) is 0 Å². The summed E-state index contributed by atoms with van der Waals surface area (Å²) < 4.78 is 0. The van der Waals surface area contributed by atoms with Crippen molar-refractivity contribution in [1.29, 1.82) is 0 Å². The molecule has 3 rings (SSSR count). The maximum atomic E-state index is 10.1. The molecule has 6 heteroatoms. The van der Waals surface area contributed by atoms with Crippen LogP contribution in [-0.2, 0) is 6.54 Å². The summed E-state index contributed by atoms with van der Waals surface area (Å²) in [6.45, 7) is 8.31. The average Bonchev–Trinajstić information content (AvgIpc) is 3.18. The monoisotopic (exact) mass is 329 g/mol. The molecule has 1 aliphatic rings. The van der Waals surface area contributed by atoms with Crippen LogP contribution in [0, 0.1) is 13.8 Å². The number of aliphatic hydroxyl groups excluding tert-OH is 1. The minimum Gasteiger partial charge on any atom is -0.390 e. The molecule has 0 spiro atoms. The number of likely N-dealkylation sites (tertiary alicyclic amines) is 1. The molecule has 0 amide bonds. The van der Waals surface area contributed by atoms with Gasteiger partial charge in [0, 0.05) is 19.6 Å². The van der Waals surface area contributed by atoms with Gasteiger partial charge in [0.05, 0.1) is 23.7 Å². The number of hydrogen-bond donors (Lipinski definition) is 2. The Labute approximate surface area is 143 Å². The molecule has 24 heavy (non-hydrogen) atoms. The Morgan fingerprint density at radius 3 is 2.58 bits per heavy atom. The second kappa shape index (κ2) is 7.88. The average molecular weight is 329 g/mol. The number of benzene rings is 1. The lowest BCUT2D eigenvalue weighted by Crippen LogP contribution is -2.36.